The highest BCUT2D eigenvalue weighted by atomic mass is 16.6. The fraction of sp³-hybridized carbons (Fsp3) is 0.250. The Hall–Kier alpha value is -2.56. The summed E-state index contributed by atoms with van der Waals surface area (Å²) < 4.78 is 0. The van der Waals surface area contributed by atoms with Crippen molar-refractivity contribution in [2.24, 2.45) is 0 Å². The Kier molecular flexibility index (Phi) is 4.42. The van der Waals surface area contributed by atoms with Crippen LogP contribution in [0.4, 0.5) is 22.7 Å². The molecule has 2 aromatic carbocycles. The third-order valence-corrected chi connectivity index (χ3v) is 3.56. The summed E-state index contributed by atoms with van der Waals surface area (Å²) in [6.45, 7) is 2.10. The first kappa shape index (κ1) is 14.8. The van der Waals surface area contributed by atoms with Crippen LogP contribution in [0, 0.1) is 10.1 Å². The van der Waals surface area contributed by atoms with Gasteiger partial charge >= 0.3 is 5.69 Å². The first-order valence-corrected chi connectivity index (χ1v) is 6.86. The van der Waals surface area contributed by atoms with Crippen molar-refractivity contribution in [3.8, 4) is 0 Å². The zero-order valence-electron chi connectivity index (χ0n) is 12.5. The maximum absolute atomic E-state index is 11.4. The monoisotopic (exact) mass is 285 g/mol. The highest BCUT2D eigenvalue weighted by Crippen LogP contribution is 2.37. The van der Waals surface area contributed by atoms with Crippen molar-refractivity contribution in [1.29, 1.82) is 0 Å². The number of nitrogens with zero attached hydrogens (tertiary/aromatic N) is 2. The van der Waals surface area contributed by atoms with E-state index in [4.69, 9.17) is 0 Å². The van der Waals surface area contributed by atoms with E-state index in [2.05, 4.69) is 12.2 Å². The predicted octanol–water partition coefficient (Wildman–Crippen LogP) is 3.97. The van der Waals surface area contributed by atoms with Gasteiger partial charge in [-0.2, -0.15) is 0 Å². The highest BCUT2D eigenvalue weighted by molar-refractivity contribution is 5.80. The van der Waals surface area contributed by atoms with Gasteiger partial charge in [0.05, 0.1) is 4.92 Å². The Morgan fingerprint density at radius 2 is 1.86 bits per heavy atom. The molecule has 0 unspecified atom stereocenters. The van der Waals surface area contributed by atoms with Gasteiger partial charge in [0.1, 0.15) is 11.4 Å². The minimum atomic E-state index is -0.349. The zero-order chi connectivity index (χ0) is 15.4. The fourth-order valence-corrected chi connectivity index (χ4v) is 2.29. The van der Waals surface area contributed by atoms with Crippen LogP contribution in [0.5, 0.6) is 0 Å². The molecule has 0 saturated carbocycles. The Labute approximate surface area is 124 Å². The summed E-state index contributed by atoms with van der Waals surface area (Å²) in [4.78, 5) is 12.9. The van der Waals surface area contributed by atoms with E-state index in [9.17, 15) is 10.1 Å². The summed E-state index contributed by atoms with van der Waals surface area (Å²) in [7, 11) is 3.52. The van der Waals surface area contributed by atoms with Crippen LogP contribution in [-0.4, -0.2) is 19.0 Å². The van der Waals surface area contributed by atoms with Gasteiger partial charge < -0.3 is 10.2 Å². The van der Waals surface area contributed by atoms with Crippen LogP contribution in [0.25, 0.3) is 0 Å². The van der Waals surface area contributed by atoms with Gasteiger partial charge in [-0.05, 0) is 36.2 Å². The molecule has 0 spiro atoms. The predicted molar refractivity (Wildman–Crippen MR) is 86.5 cm³/mol. The van der Waals surface area contributed by atoms with E-state index < -0.39 is 0 Å². The molecular weight excluding hydrogens is 266 g/mol. The van der Waals surface area contributed by atoms with Crippen LogP contribution in [0.15, 0.2) is 42.5 Å². The van der Waals surface area contributed by atoms with E-state index in [0.29, 0.717) is 11.4 Å². The summed E-state index contributed by atoms with van der Waals surface area (Å²) in [5, 5.41) is 14.3. The molecule has 0 amide bonds. The van der Waals surface area contributed by atoms with Gasteiger partial charge in [-0.15, -0.1) is 0 Å². The van der Waals surface area contributed by atoms with E-state index >= 15 is 0 Å². The fourth-order valence-electron chi connectivity index (χ4n) is 2.29. The Morgan fingerprint density at radius 1 is 1.19 bits per heavy atom. The van der Waals surface area contributed by atoms with Crippen LogP contribution in [0.3, 0.4) is 0 Å². The molecule has 0 heterocycles. The molecule has 5 heteroatoms. The quantitative estimate of drug-likeness (QED) is 0.667. The third-order valence-electron chi connectivity index (χ3n) is 3.56. The van der Waals surface area contributed by atoms with E-state index in [1.54, 1.807) is 19.2 Å². The molecular formula is C16H19N3O2. The molecule has 2 aromatic rings. The van der Waals surface area contributed by atoms with Crippen molar-refractivity contribution >= 4 is 22.7 Å². The molecule has 21 heavy (non-hydrogen) atoms. The topological polar surface area (TPSA) is 58.4 Å². The van der Waals surface area contributed by atoms with Gasteiger partial charge in [0.15, 0.2) is 0 Å². The first-order valence-electron chi connectivity index (χ1n) is 6.86. The standard InChI is InChI=1S/C16H19N3O2/c1-4-12-8-10-13(11-9-12)18(3)15-7-5-6-14(17-2)16(15)19(20)21/h5-11,17H,4H2,1-3H3. The van der Waals surface area contributed by atoms with Gasteiger partial charge in [-0.25, -0.2) is 0 Å². The van der Waals surface area contributed by atoms with E-state index in [-0.39, 0.29) is 10.6 Å². The van der Waals surface area contributed by atoms with Crippen molar-refractivity contribution in [1.82, 2.24) is 0 Å². The summed E-state index contributed by atoms with van der Waals surface area (Å²) in [5.41, 5.74) is 3.32. The van der Waals surface area contributed by atoms with Gasteiger partial charge in [-0.3, -0.25) is 10.1 Å². The zero-order valence-corrected chi connectivity index (χ0v) is 12.5. The minimum absolute atomic E-state index is 0.0852. The minimum Gasteiger partial charge on any atom is -0.382 e. The smallest absolute Gasteiger partial charge is 0.315 e. The van der Waals surface area contributed by atoms with Crippen LogP contribution in [0.1, 0.15) is 12.5 Å². The molecule has 0 aliphatic rings. The summed E-state index contributed by atoms with van der Waals surface area (Å²) >= 11 is 0. The molecule has 0 radical (unpaired) electrons. The average Bonchev–Trinajstić information content (AvgIpc) is 2.53. The van der Waals surface area contributed by atoms with Crippen molar-refractivity contribution in [3.05, 3.63) is 58.1 Å². The van der Waals surface area contributed by atoms with E-state index in [0.717, 1.165) is 12.1 Å². The van der Waals surface area contributed by atoms with Crippen molar-refractivity contribution in [2.45, 2.75) is 13.3 Å². The molecule has 0 bridgehead atoms. The number of nitrogens with one attached hydrogen (secondary N) is 1. The number of para-hydroxylation sites is 1. The second kappa shape index (κ2) is 6.26. The lowest BCUT2D eigenvalue weighted by Crippen LogP contribution is -2.12. The normalized spacial score (nSPS) is 10.2. The van der Waals surface area contributed by atoms with Crippen LogP contribution in [0.2, 0.25) is 0 Å². The lowest BCUT2D eigenvalue weighted by molar-refractivity contribution is -0.383. The molecule has 0 aliphatic heterocycles. The summed E-state index contributed by atoms with van der Waals surface area (Å²) in [6.07, 6.45) is 0.972. The lowest BCUT2D eigenvalue weighted by Gasteiger charge is -2.20. The molecule has 0 fully saturated rings. The second-order valence-corrected chi connectivity index (χ2v) is 4.76. The highest BCUT2D eigenvalue weighted by Gasteiger charge is 2.22. The van der Waals surface area contributed by atoms with Crippen LogP contribution in [-0.2, 0) is 6.42 Å². The summed E-state index contributed by atoms with van der Waals surface area (Å²) in [6, 6.07) is 13.3. The van der Waals surface area contributed by atoms with Crippen molar-refractivity contribution in [3.63, 3.8) is 0 Å². The average molecular weight is 285 g/mol. The molecule has 0 saturated heterocycles. The molecule has 0 atom stereocenters. The van der Waals surface area contributed by atoms with Crippen LogP contribution >= 0.6 is 0 Å². The van der Waals surface area contributed by atoms with Gasteiger partial charge in [0, 0.05) is 19.8 Å². The molecule has 0 aliphatic carbocycles. The number of aryl methyl sites for hydroxylation is 1. The van der Waals surface area contributed by atoms with Gasteiger partial charge in [0.2, 0.25) is 0 Å². The number of nitro benzene ring substituents is 1. The Bertz CT molecular complexity index is 638. The molecule has 0 aromatic heterocycles. The first-order chi connectivity index (χ1) is 10.1. The van der Waals surface area contributed by atoms with E-state index in [1.165, 1.54) is 5.56 Å². The maximum atomic E-state index is 11.4. The van der Waals surface area contributed by atoms with E-state index in [1.807, 2.05) is 42.3 Å². The van der Waals surface area contributed by atoms with Gasteiger partial charge in [-0.1, -0.05) is 25.1 Å². The molecule has 1 N–H and O–H groups in total. The second-order valence-electron chi connectivity index (χ2n) is 4.76. The lowest BCUT2D eigenvalue weighted by atomic mass is 10.1. The van der Waals surface area contributed by atoms with Crippen molar-refractivity contribution in [2.75, 3.05) is 24.3 Å². The number of hydrogen-bond donors (Lipinski definition) is 1. The maximum Gasteiger partial charge on any atom is 0.315 e. The van der Waals surface area contributed by atoms with Gasteiger partial charge in [0.25, 0.3) is 0 Å². The SMILES string of the molecule is CCc1ccc(N(C)c2cccc(NC)c2[N+](=O)[O-])cc1. The van der Waals surface area contributed by atoms with Crippen molar-refractivity contribution < 1.29 is 4.92 Å². The number of nitro groups is 1. The van der Waals surface area contributed by atoms with Crippen LogP contribution < -0.4 is 10.2 Å². The number of rotatable bonds is 5. The number of anilines is 3. The number of benzene rings is 2. The Morgan fingerprint density at radius 3 is 2.38 bits per heavy atom. The Balaban J connectivity index is 2.46. The third kappa shape index (κ3) is 2.97. The molecule has 110 valence electrons. The summed E-state index contributed by atoms with van der Waals surface area (Å²) in [5.74, 6) is 0. The number of hydrogen-bond acceptors (Lipinski definition) is 4. The molecule has 5 nitrogen and oxygen atoms in total. The largest absolute Gasteiger partial charge is 0.382 e. The molecule has 2 rings (SSSR count).